The molecule has 2 rings (SSSR count). The molecule has 2 heterocycles. The van der Waals surface area contributed by atoms with Crippen molar-refractivity contribution in [3.8, 4) is 0 Å². The van der Waals surface area contributed by atoms with E-state index in [0.717, 1.165) is 5.76 Å². The number of hydrogen-bond donors (Lipinski definition) is 1. The predicted octanol–water partition coefficient (Wildman–Crippen LogP) is 1.77. The Balaban J connectivity index is 2.32. The van der Waals surface area contributed by atoms with E-state index in [4.69, 9.17) is 4.42 Å². The molecule has 1 aromatic rings. The van der Waals surface area contributed by atoms with Gasteiger partial charge >= 0.3 is 0 Å². The summed E-state index contributed by atoms with van der Waals surface area (Å²) in [4.78, 5) is 26.0. The summed E-state index contributed by atoms with van der Waals surface area (Å²) in [6.45, 7) is 7.37. The number of carbonyl (C=O) groups is 2. The van der Waals surface area contributed by atoms with Gasteiger partial charge in [0.15, 0.2) is 0 Å². The summed E-state index contributed by atoms with van der Waals surface area (Å²) >= 11 is 0. The first-order valence-electron chi connectivity index (χ1n) is 6.64. The van der Waals surface area contributed by atoms with Crippen molar-refractivity contribution < 1.29 is 14.0 Å². The maximum atomic E-state index is 12.3. The molecule has 5 heteroatoms. The predicted molar refractivity (Wildman–Crippen MR) is 70.4 cm³/mol. The van der Waals surface area contributed by atoms with Gasteiger partial charge in [0.1, 0.15) is 23.6 Å². The standard InChI is InChI=1S/C14H20N2O3/c1-5-11-13(17)15-9(3)14(18)16(11)10(4)12-7-6-8(2)19-12/h6-7,9-11H,5H2,1-4H3,(H,15,17). The van der Waals surface area contributed by atoms with Crippen molar-refractivity contribution in [1.82, 2.24) is 10.2 Å². The monoisotopic (exact) mass is 264 g/mol. The molecule has 1 N–H and O–H groups in total. The molecule has 1 fully saturated rings. The molecule has 0 aliphatic carbocycles. The number of amides is 2. The third kappa shape index (κ3) is 2.37. The fourth-order valence-corrected chi connectivity index (χ4v) is 2.53. The van der Waals surface area contributed by atoms with Crippen molar-refractivity contribution in [2.75, 3.05) is 0 Å². The molecule has 0 radical (unpaired) electrons. The van der Waals surface area contributed by atoms with Crippen LogP contribution in [-0.2, 0) is 9.59 Å². The van der Waals surface area contributed by atoms with E-state index < -0.39 is 12.1 Å². The molecule has 3 atom stereocenters. The fraction of sp³-hybridized carbons (Fsp3) is 0.571. The number of furan rings is 1. The van der Waals surface area contributed by atoms with E-state index in [9.17, 15) is 9.59 Å². The van der Waals surface area contributed by atoms with E-state index in [1.807, 2.05) is 32.9 Å². The maximum absolute atomic E-state index is 12.3. The van der Waals surface area contributed by atoms with Crippen LogP contribution in [0.25, 0.3) is 0 Å². The van der Waals surface area contributed by atoms with Crippen molar-refractivity contribution >= 4 is 11.8 Å². The Morgan fingerprint density at radius 1 is 1.42 bits per heavy atom. The molecule has 104 valence electrons. The van der Waals surface area contributed by atoms with Gasteiger partial charge in [-0.05, 0) is 39.3 Å². The Labute approximate surface area is 113 Å². The topological polar surface area (TPSA) is 62.6 Å². The van der Waals surface area contributed by atoms with E-state index in [1.165, 1.54) is 0 Å². The van der Waals surface area contributed by atoms with Crippen LogP contribution in [0, 0.1) is 6.92 Å². The fourth-order valence-electron chi connectivity index (χ4n) is 2.53. The zero-order chi connectivity index (χ0) is 14.2. The van der Waals surface area contributed by atoms with Crippen LogP contribution >= 0.6 is 0 Å². The van der Waals surface area contributed by atoms with E-state index in [0.29, 0.717) is 12.2 Å². The zero-order valence-electron chi connectivity index (χ0n) is 11.8. The summed E-state index contributed by atoms with van der Waals surface area (Å²) in [6.07, 6.45) is 0.592. The number of aryl methyl sites for hydroxylation is 1. The largest absolute Gasteiger partial charge is 0.464 e. The van der Waals surface area contributed by atoms with Crippen LogP contribution in [0.5, 0.6) is 0 Å². The van der Waals surface area contributed by atoms with Crippen LogP contribution in [0.4, 0.5) is 0 Å². The highest BCUT2D eigenvalue weighted by atomic mass is 16.3. The Hall–Kier alpha value is -1.78. The summed E-state index contributed by atoms with van der Waals surface area (Å²) in [6, 6.07) is 2.58. The minimum atomic E-state index is -0.478. The van der Waals surface area contributed by atoms with Crippen molar-refractivity contribution in [2.45, 2.75) is 52.2 Å². The first kappa shape index (κ1) is 13.6. The van der Waals surface area contributed by atoms with Gasteiger partial charge in [-0.15, -0.1) is 0 Å². The van der Waals surface area contributed by atoms with Crippen LogP contribution in [-0.4, -0.2) is 28.8 Å². The quantitative estimate of drug-likeness (QED) is 0.905. The molecule has 0 spiro atoms. The van der Waals surface area contributed by atoms with Gasteiger partial charge in [-0.3, -0.25) is 9.59 Å². The highest BCUT2D eigenvalue weighted by molar-refractivity contribution is 5.96. The van der Waals surface area contributed by atoms with Crippen molar-refractivity contribution in [3.63, 3.8) is 0 Å². The molecule has 0 saturated carbocycles. The highest BCUT2D eigenvalue weighted by Gasteiger charge is 2.41. The second-order valence-electron chi connectivity index (χ2n) is 5.02. The van der Waals surface area contributed by atoms with Gasteiger partial charge < -0.3 is 14.6 Å². The van der Waals surface area contributed by atoms with Crippen LogP contribution in [0.1, 0.15) is 44.8 Å². The average molecular weight is 264 g/mol. The first-order chi connectivity index (χ1) is 8.95. The number of nitrogens with zero attached hydrogens (tertiary/aromatic N) is 1. The molecule has 0 aromatic carbocycles. The van der Waals surface area contributed by atoms with Gasteiger partial charge in [0.05, 0.1) is 6.04 Å². The van der Waals surface area contributed by atoms with Crippen LogP contribution in [0.2, 0.25) is 0 Å². The van der Waals surface area contributed by atoms with E-state index in [2.05, 4.69) is 5.32 Å². The molecule has 1 aromatic heterocycles. The molecular weight excluding hydrogens is 244 g/mol. The van der Waals surface area contributed by atoms with Crippen molar-refractivity contribution in [2.24, 2.45) is 0 Å². The van der Waals surface area contributed by atoms with E-state index in [1.54, 1.807) is 11.8 Å². The second-order valence-corrected chi connectivity index (χ2v) is 5.02. The third-order valence-electron chi connectivity index (χ3n) is 3.60. The summed E-state index contributed by atoms with van der Waals surface area (Å²) in [7, 11) is 0. The third-order valence-corrected chi connectivity index (χ3v) is 3.60. The summed E-state index contributed by atoms with van der Waals surface area (Å²) < 4.78 is 5.58. The minimum Gasteiger partial charge on any atom is -0.464 e. The van der Waals surface area contributed by atoms with Gasteiger partial charge in [-0.25, -0.2) is 0 Å². The SMILES string of the molecule is CCC1C(=O)NC(C)C(=O)N1C(C)c1ccc(C)o1. The smallest absolute Gasteiger partial charge is 0.246 e. The Morgan fingerprint density at radius 3 is 2.63 bits per heavy atom. The molecule has 1 aliphatic rings. The van der Waals surface area contributed by atoms with E-state index >= 15 is 0 Å². The van der Waals surface area contributed by atoms with Gasteiger partial charge in [0.25, 0.3) is 0 Å². The molecule has 19 heavy (non-hydrogen) atoms. The average Bonchev–Trinajstić information content (AvgIpc) is 2.79. The van der Waals surface area contributed by atoms with Gasteiger partial charge in [-0.2, -0.15) is 0 Å². The van der Waals surface area contributed by atoms with Crippen LogP contribution < -0.4 is 5.32 Å². The Morgan fingerprint density at radius 2 is 2.11 bits per heavy atom. The summed E-state index contributed by atoms with van der Waals surface area (Å²) in [5.74, 6) is 1.36. The molecule has 2 amide bonds. The van der Waals surface area contributed by atoms with E-state index in [-0.39, 0.29) is 17.9 Å². The molecule has 3 unspecified atom stereocenters. The summed E-state index contributed by atoms with van der Waals surface area (Å²) in [5, 5.41) is 2.71. The molecule has 0 bridgehead atoms. The lowest BCUT2D eigenvalue weighted by Gasteiger charge is -2.40. The second kappa shape index (κ2) is 5.07. The van der Waals surface area contributed by atoms with Crippen LogP contribution in [0.15, 0.2) is 16.5 Å². The molecule has 1 saturated heterocycles. The number of piperazine rings is 1. The van der Waals surface area contributed by atoms with Crippen LogP contribution in [0.3, 0.4) is 0 Å². The minimum absolute atomic E-state index is 0.0620. The number of carbonyl (C=O) groups excluding carboxylic acids is 2. The highest BCUT2D eigenvalue weighted by Crippen LogP contribution is 2.28. The lowest BCUT2D eigenvalue weighted by atomic mass is 10.0. The van der Waals surface area contributed by atoms with Gasteiger partial charge in [-0.1, -0.05) is 6.92 Å². The lowest BCUT2D eigenvalue weighted by molar-refractivity contribution is -0.152. The number of rotatable bonds is 3. The number of nitrogens with one attached hydrogen (secondary N) is 1. The normalized spacial score (nSPS) is 25.4. The Bertz CT molecular complexity index is 495. The molecule has 5 nitrogen and oxygen atoms in total. The molecular formula is C14H20N2O3. The summed E-state index contributed by atoms with van der Waals surface area (Å²) in [5.41, 5.74) is 0. The van der Waals surface area contributed by atoms with Crippen molar-refractivity contribution in [3.05, 3.63) is 23.7 Å². The van der Waals surface area contributed by atoms with Gasteiger partial charge in [0, 0.05) is 0 Å². The molecule has 1 aliphatic heterocycles. The zero-order valence-corrected chi connectivity index (χ0v) is 11.8. The van der Waals surface area contributed by atoms with Crippen molar-refractivity contribution in [1.29, 1.82) is 0 Å². The number of hydrogen-bond acceptors (Lipinski definition) is 3. The Kier molecular flexibility index (Phi) is 3.64. The first-order valence-corrected chi connectivity index (χ1v) is 6.64. The lowest BCUT2D eigenvalue weighted by Crippen LogP contribution is -2.62. The van der Waals surface area contributed by atoms with Gasteiger partial charge in [0.2, 0.25) is 11.8 Å². The maximum Gasteiger partial charge on any atom is 0.246 e.